The zero-order valence-corrected chi connectivity index (χ0v) is 16.3. The standard InChI is InChI=1S/C18H15BrCl2N2O2/c19-14-3-1-2-12(10-14)17(24)22-6-8-23(9-7-22)18(25)13-4-5-15(20)16(21)11-13/h1-5,10-11H,6-9H2. The van der Waals surface area contributed by atoms with Gasteiger partial charge in [0.1, 0.15) is 0 Å². The first kappa shape index (κ1) is 18.2. The lowest BCUT2D eigenvalue weighted by Crippen LogP contribution is -2.50. The second kappa shape index (κ2) is 7.77. The van der Waals surface area contributed by atoms with E-state index in [1.54, 1.807) is 40.1 Å². The van der Waals surface area contributed by atoms with Crippen LogP contribution >= 0.6 is 39.1 Å². The summed E-state index contributed by atoms with van der Waals surface area (Å²) in [7, 11) is 0. The molecule has 0 aromatic heterocycles. The van der Waals surface area contributed by atoms with Crippen molar-refractivity contribution in [2.45, 2.75) is 0 Å². The molecular formula is C18H15BrCl2N2O2. The molecule has 7 heteroatoms. The lowest BCUT2D eigenvalue weighted by Gasteiger charge is -2.35. The van der Waals surface area contributed by atoms with E-state index < -0.39 is 0 Å². The quantitative estimate of drug-likeness (QED) is 0.694. The molecule has 0 bridgehead atoms. The summed E-state index contributed by atoms with van der Waals surface area (Å²) < 4.78 is 0.867. The minimum absolute atomic E-state index is 0.0251. The van der Waals surface area contributed by atoms with Gasteiger partial charge in [-0.2, -0.15) is 0 Å². The normalized spacial score (nSPS) is 14.5. The number of rotatable bonds is 2. The summed E-state index contributed by atoms with van der Waals surface area (Å²) in [6.07, 6.45) is 0. The number of hydrogen-bond acceptors (Lipinski definition) is 2. The molecule has 1 fully saturated rings. The summed E-state index contributed by atoms with van der Waals surface area (Å²) in [5.74, 6) is -0.129. The maximum atomic E-state index is 12.6. The Hall–Kier alpha value is -1.56. The van der Waals surface area contributed by atoms with Crippen molar-refractivity contribution in [3.8, 4) is 0 Å². The predicted octanol–water partition coefficient (Wildman–Crippen LogP) is 4.35. The Balaban J connectivity index is 1.64. The van der Waals surface area contributed by atoms with Gasteiger partial charge in [0.05, 0.1) is 10.0 Å². The first-order valence-electron chi connectivity index (χ1n) is 7.75. The Kier molecular flexibility index (Phi) is 5.67. The van der Waals surface area contributed by atoms with Gasteiger partial charge in [-0.25, -0.2) is 0 Å². The van der Waals surface area contributed by atoms with E-state index in [-0.39, 0.29) is 11.8 Å². The number of hydrogen-bond donors (Lipinski definition) is 0. The smallest absolute Gasteiger partial charge is 0.254 e. The monoisotopic (exact) mass is 440 g/mol. The number of amides is 2. The van der Waals surface area contributed by atoms with Gasteiger partial charge in [0.2, 0.25) is 0 Å². The van der Waals surface area contributed by atoms with Crippen molar-refractivity contribution in [1.29, 1.82) is 0 Å². The number of carbonyl (C=O) groups is 2. The van der Waals surface area contributed by atoms with Crippen LogP contribution in [0.4, 0.5) is 0 Å². The van der Waals surface area contributed by atoms with Crippen LogP contribution in [0.15, 0.2) is 46.9 Å². The van der Waals surface area contributed by atoms with E-state index in [0.29, 0.717) is 47.4 Å². The van der Waals surface area contributed by atoms with E-state index in [9.17, 15) is 9.59 Å². The molecule has 2 aromatic carbocycles. The van der Waals surface area contributed by atoms with Crippen LogP contribution < -0.4 is 0 Å². The molecule has 0 aliphatic carbocycles. The molecule has 1 aliphatic heterocycles. The minimum Gasteiger partial charge on any atom is -0.335 e. The summed E-state index contributed by atoms with van der Waals surface area (Å²) in [5.41, 5.74) is 1.14. The predicted molar refractivity (Wildman–Crippen MR) is 102 cm³/mol. The average molecular weight is 442 g/mol. The number of halogens is 3. The van der Waals surface area contributed by atoms with Gasteiger partial charge in [-0.15, -0.1) is 0 Å². The number of carbonyl (C=O) groups excluding carboxylic acids is 2. The van der Waals surface area contributed by atoms with Crippen molar-refractivity contribution >= 4 is 50.9 Å². The van der Waals surface area contributed by atoms with Crippen LogP contribution in [0.5, 0.6) is 0 Å². The molecule has 2 amide bonds. The molecule has 0 N–H and O–H groups in total. The largest absolute Gasteiger partial charge is 0.335 e. The molecule has 0 radical (unpaired) electrons. The van der Waals surface area contributed by atoms with Gasteiger partial charge < -0.3 is 9.80 Å². The summed E-state index contributed by atoms with van der Waals surface area (Å²) >= 11 is 15.2. The second-order valence-corrected chi connectivity index (χ2v) is 7.45. The van der Waals surface area contributed by atoms with Crippen LogP contribution in [0.3, 0.4) is 0 Å². The fourth-order valence-electron chi connectivity index (χ4n) is 2.73. The summed E-state index contributed by atoms with van der Waals surface area (Å²) in [6, 6.07) is 12.2. The van der Waals surface area contributed by atoms with Crippen LogP contribution in [-0.2, 0) is 0 Å². The third kappa shape index (κ3) is 4.17. The maximum absolute atomic E-state index is 12.6. The van der Waals surface area contributed by atoms with Gasteiger partial charge in [0.25, 0.3) is 11.8 Å². The van der Waals surface area contributed by atoms with Gasteiger partial charge in [0, 0.05) is 41.8 Å². The fraction of sp³-hybridized carbons (Fsp3) is 0.222. The molecule has 1 heterocycles. The first-order valence-corrected chi connectivity index (χ1v) is 9.30. The highest BCUT2D eigenvalue weighted by Crippen LogP contribution is 2.23. The van der Waals surface area contributed by atoms with Crippen LogP contribution in [0, 0.1) is 0 Å². The fourth-order valence-corrected chi connectivity index (χ4v) is 3.43. The lowest BCUT2D eigenvalue weighted by atomic mass is 10.1. The van der Waals surface area contributed by atoms with Crippen LogP contribution in [0.1, 0.15) is 20.7 Å². The number of benzene rings is 2. The van der Waals surface area contributed by atoms with Gasteiger partial charge in [-0.1, -0.05) is 45.2 Å². The number of nitrogens with zero attached hydrogens (tertiary/aromatic N) is 2. The summed E-state index contributed by atoms with van der Waals surface area (Å²) in [4.78, 5) is 28.6. The van der Waals surface area contributed by atoms with Crippen molar-refractivity contribution in [2.24, 2.45) is 0 Å². The third-order valence-electron chi connectivity index (χ3n) is 4.09. The summed E-state index contributed by atoms with van der Waals surface area (Å²) in [5, 5.41) is 0.777. The molecule has 1 saturated heterocycles. The summed E-state index contributed by atoms with van der Waals surface area (Å²) in [6.45, 7) is 1.97. The molecule has 3 rings (SSSR count). The Morgan fingerprint density at radius 1 is 0.800 bits per heavy atom. The van der Waals surface area contributed by atoms with E-state index in [2.05, 4.69) is 15.9 Å². The van der Waals surface area contributed by atoms with Crippen molar-refractivity contribution in [1.82, 2.24) is 9.80 Å². The molecule has 0 unspecified atom stereocenters. The van der Waals surface area contributed by atoms with Gasteiger partial charge in [0.15, 0.2) is 0 Å². The second-order valence-electron chi connectivity index (χ2n) is 5.72. The molecule has 0 saturated carbocycles. The molecule has 1 aliphatic rings. The highest BCUT2D eigenvalue weighted by Gasteiger charge is 2.25. The Morgan fingerprint density at radius 3 is 1.88 bits per heavy atom. The topological polar surface area (TPSA) is 40.6 Å². The Morgan fingerprint density at radius 2 is 1.36 bits per heavy atom. The van der Waals surface area contributed by atoms with E-state index in [4.69, 9.17) is 23.2 Å². The third-order valence-corrected chi connectivity index (χ3v) is 5.32. The van der Waals surface area contributed by atoms with Gasteiger partial charge in [-0.05, 0) is 36.4 Å². The highest BCUT2D eigenvalue weighted by atomic mass is 79.9. The minimum atomic E-state index is -0.104. The van der Waals surface area contributed by atoms with Crippen molar-refractivity contribution < 1.29 is 9.59 Å². The van der Waals surface area contributed by atoms with Crippen molar-refractivity contribution in [2.75, 3.05) is 26.2 Å². The van der Waals surface area contributed by atoms with Crippen molar-refractivity contribution in [3.05, 3.63) is 68.1 Å². The van der Waals surface area contributed by atoms with Gasteiger partial charge in [-0.3, -0.25) is 9.59 Å². The zero-order chi connectivity index (χ0) is 18.0. The van der Waals surface area contributed by atoms with E-state index in [1.807, 2.05) is 12.1 Å². The first-order chi connectivity index (χ1) is 12.0. The molecule has 0 spiro atoms. The van der Waals surface area contributed by atoms with Crippen LogP contribution in [0.2, 0.25) is 10.0 Å². The molecular weight excluding hydrogens is 427 g/mol. The highest BCUT2D eigenvalue weighted by molar-refractivity contribution is 9.10. The zero-order valence-electron chi connectivity index (χ0n) is 13.2. The van der Waals surface area contributed by atoms with E-state index >= 15 is 0 Å². The SMILES string of the molecule is O=C(c1cccc(Br)c1)N1CCN(C(=O)c2ccc(Cl)c(Cl)c2)CC1. The molecule has 2 aromatic rings. The Labute approximate surface area is 164 Å². The average Bonchev–Trinajstić information content (AvgIpc) is 2.63. The van der Waals surface area contributed by atoms with E-state index in [0.717, 1.165) is 4.47 Å². The molecule has 0 atom stereocenters. The molecule has 25 heavy (non-hydrogen) atoms. The molecule has 4 nitrogen and oxygen atoms in total. The van der Waals surface area contributed by atoms with Crippen molar-refractivity contribution in [3.63, 3.8) is 0 Å². The van der Waals surface area contributed by atoms with Gasteiger partial charge >= 0.3 is 0 Å². The lowest BCUT2D eigenvalue weighted by molar-refractivity contribution is 0.0535. The molecule has 130 valence electrons. The Bertz CT molecular complexity index is 820. The van der Waals surface area contributed by atoms with Crippen LogP contribution in [-0.4, -0.2) is 47.8 Å². The van der Waals surface area contributed by atoms with Crippen LogP contribution in [0.25, 0.3) is 0 Å². The number of piperazine rings is 1. The maximum Gasteiger partial charge on any atom is 0.254 e. The van der Waals surface area contributed by atoms with E-state index in [1.165, 1.54) is 0 Å².